The fraction of sp³-hybridized carbons (Fsp3) is 0.292. The van der Waals surface area contributed by atoms with Crippen molar-refractivity contribution in [3.8, 4) is 5.75 Å². The van der Waals surface area contributed by atoms with Gasteiger partial charge in [0.2, 0.25) is 0 Å². The van der Waals surface area contributed by atoms with Gasteiger partial charge in [0.1, 0.15) is 11.6 Å². The number of hydrogen-bond donors (Lipinski definition) is 2. The number of H-pyrrole nitrogens is 1. The van der Waals surface area contributed by atoms with Gasteiger partial charge in [-0.25, -0.2) is 4.79 Å². The maximum atomic E-state index is 13.1. The second-order valence-electron chi connectivity index (χ2n) is 8.02. The summed E-state index contributed by atoms with van der Waals surface area (Å²) in [6.45, 7) is 5.87. The van der Waals surface area contributed by atoms with E-state index in [-0.39, 0.29) is 37.1 Å². The third kappa shape index (κ3) is 5.26. The molecule has 3 aromatic rings. The first-order valence-electron chi connectivity index (χ1n) is 10.4. The highest BCUT2D eigenvalue weighted by Crippen LogP contribution is 2.21. The monoisotopic (exact) mass is 436 g/mol. The Morgan fingerprint density at radius 2 is 1.75 bits per heavy atom. The molecule has 1 heterocycles. The Hall–Kier alpha value is -3.81. The first-order valence-corrected chi connectivity index (χ1v) is 10.4. The quantitative estimate of drug-likeness (QED) is 0.564. The van der Waals surface area contributed by atoms with Crippen molar-refractivity contribution < 1.29 is 9.53 Å². The van der Waals surface area contributed by atoms with Crippen molar-refractivity contribution in [3.05, 3.63) is 86.6 Å². The molecule has 1 amide bonds. The van der Waals surface area contributed by atoms with Gasteiger partial charge < -0.3 is 15.4 Å². The third-order valence-corrected chi connectivity index (χ3v) is 4.96. The van der Waals surface area contributed by atoms with E-state index in [1.54, 1.807) is 6.07 Å². The van der Waals surface area contributed by atoms with Crippen LogP contribution in [0.15, 0.2) is 64.2 Å². The number of carbonyl (C=O) groups excluding carboxylic acids is 1. The Bertz CT molecular complexity index is 1200. The molecule has 3 rings (SSSR count). The summed E-state index contributed by atoms with van der Waals surface area (Å²) in [4.78, 5) is 41.9. The summed E-state index contributed by atoms with van der Waals surface area (Å²) in [5, 5.41) is 0. The molecule has 0 saturated carbocycles. The minimum atomic E-state index is -0.707. The lowest BCUT2D eigenvalue weighted by molar-refractivity contribution is -0.120. The van der Waals surface area contributed by atoms with Crippen molar-refractivity contribution in [1.82, 2.24) is 9.55 Å². The molecule has 0 radical (unpaired) electrons. The molecule has 32 heavy (non-hydrogen) atoms. The molecule has 8 heteroatoms. The predicted octanol–water partition coefficient (Wildman–Crippen LogP) is 2.54. The summed E-state index contributed by atoms with van der Waals surface area (Å²) in [6, 6.07) is 16.6. The van der Waals surface area contributed by atoms with E-state index in [2.05, 4.69) is 4.98 Å². The van der Waals surface area contributed by atoms with Gasteiger partial charge in [0, 0.05) is 6.54 Å². The van der Waals surface area contributed by atoms with Gasteiger partial charge in [-0.15, -0.1) is 0 Å². The van der Waals surface area contributed by atoms with E-state index in [4.69, 9.17) is 10.5 Å². The highest BCUT2D eigenvalue weighted by molar-refractivity contribution is 5.96. The smallest absolute Gasteiger partial charge is 0.330 e. The molecule has 0 unspecified atom stereocenters. The van der Waals surface area contributed by atoms with Crippen LogP contribution in [-0.2, 0) is 11.3 Å². The van der Waals surface area contributed by atoms with Gasteiger partial charge in [-0.1, -0.05) is 62.4 Å². The zero-order valence-corrected chi connectivity index (χ0v) is 18.5. The molecule has 0 atom stereocenters. The first-order chi connectivity index (χ1) is 15.3. The third-order valence-electron chi connectivity index (χ3n) is 4.96. The van der Waals surface area contributed by atoms with Gasteiger partial charge >= 0.3 is 5.69 Å². The second-order valence-corrected chi connectivity index (χ2v) is 8.02. The predicted molar refractivity (Wildman–Crippen MR) is 125 cm³/mol. The summed E-state index contributed by atoms with van der Waals surface area (Å²) >= 11 is 0. The molecule has 0 fully saturated rings. The SMILES string of the molecule is Cc1ccccc1OCC(=O)N(CC(C)C)c1c(N)n(Cc2ccccc2)c(=O)[nH]c1=O. The summed E-state index contributed by atoms with van der Waals surface area (Å²) in [5.41, 5.74) is 6.63. The minimum absolute atomic E-state index is 0.0470. The van der Waals surface area contributed by atoms with Gasteiger partial charge in [0.15, 0.2) is 12.3 Å². The fourth-order valence-electron chi connectivity index (χ4n) is 3.38. The topological polar surface area (TPSA) is 110 Å². The molecule has 8 nitrogen and oxygen atoms in total. The van der Waals surface area contributed by atoms with Crippen molar-refractivity contribution >= 4 is 17.4 Å². The maximum Gasteiger partial charge on any atom is 0.330 e. The van der Waals surface area contributed by atoms with Crippen LogP contribution in [0.1, 0.15) is 25.0 Å². The molecule has 0 spiro atoms. The maximum absolute atomic E-state index is 13.1. The zero-order chi connectivity index (χ0) is 23.3. The molecule has 0 aliphatic carbocycles. The number of ether oxygens (including phenoxy) is 1. The van der Waals surface area contributed by atoms with Gasteiger partial charge in [0.25, 0.3) is 11.5 Å². The van der Waals surface area contributed by atoms with Crippen LogP contribution >= 0.6 is 0 Å². The summed E-state index contributed by atoms with van der Waals surface area (Å²) < 4.78 is 6.96. The molecule has 0 saturated heterocycles. The zero-order valence-electron chi connectivity index (χ0n) is 18.5. The molecular weight excluding hydrogens is 408 g/mol. The number of nitrogens with zero attached hydrogens (tertiary/aromatic N) is 2. The molecule has 3 N–H and O–H groups in total. The van der Waals surface area contributed by atoms with Crippen LogP contribution in [0.4, 0.5) is 11.5 Å². The Morgan fingerprint density at radius 3 is 2.41 bits per heavy atom. The molecule has 0 bridgehead atoms. The van der Waals surface area contributed by atoms with E-state index >= 15 is 0 Å². The number of aryl methyl sites for hydroxylation is 1. The highest BCUT2D eigenvalue weighted by Gasteiger charge is 2.25. The number of para-hydroxylation sites is 1. The number of nitrogen functional groups attached to an aromatic ring is 1. The number of amides is 1. The summed E-state index contributed by atoms with van der Waals surface area (Å²) in [5.74, 6) is 0.142. The lowest BCUT2D eigenvalue weighted by atomic mass is 10.2. The molecule has 1 aromatic heterocycles. The molecule has 168 valence electrons. The van der Waals surface area contributed by atoms with E-state index in [0.717, 1.165) is 11.1 Å². The molecular formula is C24H28N4O4. The number of carbonyl (C=O) groups is 1. The molecule has 2 aromatic carbocycles. The number of aromatic nitrogens is 2. The number of aromatic amines is 1. The lowest BCUT2D eigenvalue weighted by Gasteiger charge is -2.26. The van der Waals surface area contributed by atoms with Gasteiger partial charge in [-0.2, -0.15) is 0 Å². The average Bonchev–Trinajstić information content (AvgIpc) is 2.75. The van der Waals surface area contributed by atoms with Crippen molar-refractivity contribution in [2.75, 3.05) is 23.8 Å². The first kappa shape index (κ1) is 22.9. The highest BCUT2D eigenvalue weighted by atomic mass is 16.5. The van der Waals surface area contributed by atoms with Gasteiger partial charge in [-0.05, 0) is 30.0 Å². The summed E-state index contributed by atoms with van der Waals surface area (Å²) in [7, 11) is 0. The van der Waals surface area contributed by atoms with Crippen LogP contribution < -0.4 is 26.6 Å². The minimum Gasteiger partial charge on any atom is -0.483 e. The van der Waals surface area contributed by atoms with E-state index in [1.807, 2.05) is 69.3 Å². The van der Waals surface area contributed by atoms with Crippen LogP contribution in [0.2, 0.25) is 0 Å². The van der Waals surface area contributed by atoms with Crippen LogP contribution in [0.25, 0.3) is 0 Å². The number of hydrogen-bond acceptors (Lipinski definition) is 5. The Kier molecular flexibility index (Phi) is 7.14. The van der Waals surface area contributed by atoms with Crippen LogP contribution in [-0.4, -0.2) is 28.6 Å². The normalized spacial score (nSPS) is 10.9. The fourth-order valence-corrected chi connectivity index (χ4v) is 3.38. The number of anilines is 2. The number of rotatable bonds is 8. The van der Waals surface area contributed by atoms with E-state index in [9.17, 15) is 14.4 Å². The van der Waals surface area contributed by atoms with Crippen molar-refractivity contribution in [2.45, 2.75) is 27.3 Å². The van der Waals surface area contributed by atoms with Crippen molar-refractivity contribution in [2.24, 2.45) is 5.92 Å². The summed E-state index contributed by atoms with van der Waals surface area (Å²) in [6.07, 6.45) is 0. The van der Waals surface area contributed by atoms with Crippen molar-refractivity contribution in [3.63, 3.8) is 0 Å². The molecule has 0 aliphatic heterocycles. The largest absolute Gasteiger partial charge is 0.483 e. The number of benzene rings is 2. The van der Waals surface area contributed by atoms with E-state index < -0.39 is 17.2 Å². The molecule has 0 aliphatic rings. The van der Waals surface area contributed by atoms with E-state index in [0.29, 0.717) is 5.75 Å². The van der Waals surface area contributed by atoms with E-state index in [1.165, 1.54) is 9.47 Å². The van der Waals surface area contributed by atoms with Crippen LogP contribution in [0.3, 0.4) is 0 Å². The lowest BCUT2D eigenvalue weighted by Crippen LogP contribution is -2.44. The van der Waals surface area contributed by atoms with Crippen LogP contribution in [0.5, 0.6) is 5.75 Å². The van der Waals surface area contributed by atoms with Gasteiger partial charge in [0.05, 0.1) is 6.54 Å². The number of nitrogens with one attached hydrogen (secondary N) is 1. The second kappa shape index (κ2) is 10.00. The average molecular weight is 437 g/mol. The van der Waals surface area contributed by atoms with Crippen molar-refractivity contribution in [1.29, 1.82) is 0 Å². The Morgan fingerprint density at radius 1 is 1.09 bits per heavy atom. The number of nitrogens with two attached hydrogens (primary N) is 1. The van der Waals surface area contributed by atoms with Gasteiger partial charge in [-0.3, -0.25) is 19.1 Å². The Labute approximate surface area is 186 Å². The van der Waals surface area contributed by atoms with Crippen LogP contribution in [0, 0.1) is 12.8 Å². The standard InChI is InChI=1S/C24H28N4O4/c1-16(2)13-27(20(29)15-32-19-12-8-7-9-17(19)3)21-22(25)28(24(31)26-23(21)30)14-18-10-5-4-6-11-18/h4-12,16H,13-15,25H2,1-3H3,(H,26,30,31). The Balaban J connectivity index is 1.96.